The first-order chi connectivity index (χ1) is 6.40. The molecule has 2 aromatic rings. The highest BCUT2D eigenvalue weighted by Crippen LogP contribution is 2.18. The van der Waals surface area contributed by atoms with Gasteiger partial charge in [-0.15, -0.1) is 17.0 Å². The Bertz CT molecular complexity index is 369. The average Bonchev–Trinajstić information content (AvgIpc) is 2.57. The number of nitrogens with two attached hydrogens (primary N) is 1. The Kier molecular flexibility index (Phi) is 4.44. The lowest BCUT2D eigenvalue weighted by Gasteiger charge is -1.90. The average molecular weight is 274 g/mol. The topological polar surface area (TPSA) is 54.7 Å². The lowest BCUT2D eigenvalue weighted by molar-refractivity contribution is 1.07. The van der Waals surface area contributed by atoms with E-state index in [1.165, 1.54) is 0 Å². The lowest BCUT2D eigenvalue weighted by atomic mass is 10.3. The first-order valence-corrected chi connectivity index (χ1v) is 5.16. The Morgan fingerprint density at radius 3 is 2.86 bits per heavy atom. The van der Waals surface area contributed by atoms with E-state index >= 15 is 0 Å². The van der Waals surface area contributed by atoms with Gasteiger partial charge >= 0.3 is 0 Å². The molecule has 5 heteroatoms. The summed E-state index contributed by atoms with van der Waals surface area (Å²) in [4.78, 5) is 7.63. The molecule has 1 aromatic heterocycles. The van der Waals surface area contributed by atoms with Crippen LogP contribution >= 0.6 is 28.7 Å². The van der Waals surface area contributed by atoms with E-state index in [-0.39, 0.29) is 17.0 Å². The predicted octanol–water partition coefficient (Wildman–Crippen LogP) is 2.19. The van der Waals surface area contributed by atoms with Crippen LogP contribution in [0.5, 0.6) is 0 Å². The number of aromatic amines is 1. The monoisotopic (exact) mass is 273 g/mol. The van der Waals surface area contributed by atoms with Crippen molar-refractivity contribution in [3.63, 3.8) is 0 Å². The van der Waals surface area contributed by atoms with Gasteiger partial charge in [-0.3, -0.25) is 0 Å². The number of hydrogen-bond acceptors (Lipinski definition) is 3. The predicted molar refractivity (Wildman–Crippen MR) is 66.2 cm³/mol. The summed E-state index contributed by atoms with van der Waals surface area (Å²) in [6.45, 7) is 0.682. The summed E-state index contributed by atoms with van der Waals surface area (Å²) >= 11 is 1.65. The molecule has 0 fully saturated rings. The molecule has 0 bridgehead atoms. The third-order valence-corrected chi connectivity index (χ3v) is 2.63. The molecule has 0 radical (unpaired) electrons. The minimum absolute atomic E-state index is 0. The molecule has 0 unspecified atom stereocenters. The van der Waals surface area contributed by atoms with Crippen LogP contribution in [0.3, 0.4) is 0 Å². The molecule has 2 rings (SSSR count). The van der Waals surface area contributed by atoms with Crippen LogP contribution in [-0.4, -0.2) is 22.3 Å². The molecule has 0 spiro atoms. The molecule has 3 nitrogen and oxygen atoms in total. The van der Waals surface area contributed by atoms with Crippen LogP contribution in [0, 0.1) is 0 Å². The van der Waals surface area contributed by atoms with E-state index in [1.54, 1.807) is 11.8 Å². The first-order valence-electron chi connectivity index (χ1n) is 4.18. The number of H-pyrrole nitrogens is 1. The summed E-state index contributed by atoms with van der Waals surface area (Å²) in [5.74, 6) is 0.903. The van der Waals surface area contributed by atoms with Gasteiger partial charge in [0.2, 0.25) is 0 Å². The fourth-order valence-electron chi connectivity index (χ4n) is 1.15. The van der Waals surface area contributed by atoms with E-state index in [4.69, 9.17) is 5.73 Å². The zero-order valence-corrected chi connectivity index (χ0v) is 10.1. The summed E-state index contributed by atoms with van der Waals surface area (Å²) in [5, 5.41) is 0.951. The molecule has 0 aliphatic carbocycles. The molecular formula is C9H12BrN3S. The van der Waals surface area contributed by atoms with Crippen LogP contribution < -0.4 is 5.73 Å². The number of rotatable bonds is 3. The molecule has 0 saturated carbocycles. The molecule has 3 N–H and O–H groups in total. The van der Waals surface area contributed by atoms with E-state index in [2.05, 4.69) is 9.97 Å². The number of fused-ring (bicyclic) bond motifs is 1. The fraction of sp³-hybridized carbons (Fsp3) is 0.222. The number of benzene rings is 1. The maximum absolute atomic E-state index is 5.41. The number of hydrogen-bond donors (Lipinski definition) is 2. The van der Waals surface area contributed by atoms with Crippen molar-refractivity contribution in [2.75, 3.05) is 12.3 Å². The maximum Gasteiger partial charge on any atom is 0.166 e. The Morgan fingerprint density at radius 1 is 1.36 bits per heavy atom. The number of thioether (sulfide) groups is 1. The zero-order chi connectivity index (χ0) is 9.10. The van der Waals surface area contributed by atoms with Crippen LogP contribution in [0.2, 0.25) is 0 Å². The number of nitrogens with one attached hydrogen (secondary N) is 1. The molecular weight excluding hydrogens is 262 g/mol. The normalized spacial score (nSPS) is 10.1. The zero-order valence-electron chi connectivity index (χ0n) is 7.56. The van der Waals surface area contributed by atoms with Gasteiger partial charge in [-0.2, -0.15) is 0 Å². The summed E-state index contributed by atoms with van der Waals surface area (Å²) in [6.07, 6.45) is 0. The van der Waals surface area contributed by atoms with Crippen LogP contribution in [0.15, 0.2) is 29.4 Å². The van der Waals surface area contributed by atoms with Gasteiger partial charge in [-0.25, -0.2) is 4.98 Å². The van der Waals surface area contributed by atoms with Gasteiger partial charge in [-0.1, -0.05) is 23.9 Å². The molecule has 76 valence electrons. The first kappa shape index (κ1) is 11.6. The van der Waals surface area contributed by atoms with Gasteiger partial charge in [0.25, 0.3) is 0 Å². The van der Waals surface area contributed by atoms with E-state index in [1.807, 2.05) is 24.3 Å². The molecule has 1 heterocycles. The van der Waals surface area contributed by atoms with Crippen molar-refractivity contribution in [2.24, 2.45) is 5.73 Å². The van der Waals surface area contributed by atoms with Crippen molar-refractivity contribution < 1.29 is 0 Å². The van der Waals surface area contributed by atoms with Crippen molar-refractivity contribution in [2.45, 2.75) is 5.16 Å². The largest absolute Gasteiger partial charge is 0.333 e. The summed E-state index contributed by atoms with van der Waals surface area (Å²) < 4.78 is 0. The van der Waals surface area contributed by atoms with Gasteiger partial charge in [0.05, 0.1) is 11.0 Å². The van der Waals surface area contributed by atoms with E-state index in [0.717, 1.165) is 21.9 Å². The van der Waals surface area contributed by atoms with E-state index in [0.29, 0.717) is 6.54 Å². The SMILES string of the molecule is Br.NCCSc1nc2ccccc2[nH]1. The van der Waals surface area contributed by atoms with Crippen molar-refractivity contribution in [3.8, 4) is 0 Å². The Balaban J connectivity index is 0.000000980. The molecule has 1 aromatic carbocycles. The summed E-state index contributed by atoms with van der Waals surface area (Å²) in [6, 6.07) is 8.01. The lowest BCUT2D eigenvalue weighted by Crippen LogP contribution is -2.01. The van der Waals surface area contributed by atoms with Gasteiger partial charge in [0, 0.05) is 12.3 Å². The smallest absolute Gasteiger partial charge is 0.166 e. The third kappa shape index (κ3) is 2.50. The number of para-hydroxylation sites is 2. The molecule has 0 aliphatic heterocycles. The fourth-order valence-corrected chi connectivity index (χ4v) is 1.81. The molecule has 0 saturated heterocycles. The van der Waals surface area contributed by atoms with Gasteiger partial charge in [-0.05, 0) is 12.1 Å². The van der Waals surface area contributed by atoms with Crippen LogP contribution in [0.1, 0.15) is 0 Å². The Hall–Kier alpha value is -0.520. The van der Waals surface area contributed by atoms with E-state index < -0.39 is 0 Å². The number of nitrogens with zero attached hydrogens (tertiary/aromatic N) is 1. The molecule has 0 aliphatic rings. The standard InChI is InChI=1S/C9H11N3S.BrH/c10-5-6-13-9-11-7-3-1-2-4-8(7)12-9;/h1-4H,5-6,10H2,(H,11,12);1H. The highest BCUT2D eigenvalue weighted by Gasteiger charge is 2.00. The highest BCUT2D eigenvalue weighted by molar-refractivity contribution is 8.93. The van der Waals surface area contributed by atoms with Crippen molar-refractivity contribution in [1.82, 2.24) is 9.97 Å². The minimum atomic E-state index is 0. The molecule has 14 heavy (non-hydrogen) atoms. The van der Waals surface area contributed by atoms with Crippen molar-refractivity contribution >= 4 is 39.8 Å². The Morgan fingerprint density at radius 2 is 2.14 bits per heavy atom. The summed E-state index contributed by atoms with van der Waals surface area (Å²) in [7, 11) is 0. The second-order valence-electron chi connectivity index (χ2n) is 2.70. The Labute approximate surface area is 97.2 Å². The van der Waals surface area contributed by atoms with Crippen molar-refractivity contribution in [1.29, 1.82) is 0 Å². The van der Waals surface area contributed by atoms with Crippen LogP contribution in [-0.2, 0) is 0 Å². The number of halogens is 1. The van der Waals surface area contributed by atoms with Gasteiger partial charge in [0.15, 0.2) is 5.16 Å². The highest BCUT2D eigenvalue weighted by atomic mass is 79.9. The minimum Gasteiger partial charge on any atom is -0.333 e. The van der Waals surface area contributed by atoms with E-state index in [9.17, 15) is 0 Å². The van der Waals surface area contributed by atoms with Crippen LogP contribution in [0.4, 0.5) is 0 Å². The number of imidazole rings is 1. The molecule has 0 atom stereocenters. The second-order valence-corrected chi connectivity index (χ2v) is 3.78. The second kappa shape index (κ2) is 5.38. The summed E-state index contributed by atoms with van der Waals surface area (Å²) in [5.41, 5.74) is 7.51. The number of aromatic nitrogens is 2. The van der Waals surface area contributed by atoms with Crippen LogP contribution in [0.25, 0.3) is 11.0 Å². The van der Waals surface area contributed by atoms with Crippen molar-refractivity contribution in [3.05, 3.63) is 24.3 Å². The van der Waals surface area contributed by atoms with Gasteiger partial charge < -0.3 is 10.7 Å². The maximum atomic E-state index is 5.41. The van der Waals surface area contributed by atoms with Gasteiger partial charge in [0.1, 0.15) is 0 Å². The third-order valence-electron chi connectivity index (χ3n) is 1.72. The quantitative estimate of drug-likeness (QED) is 0.843. The molecule has 0 amide bonds.